The molecule has 0 aliphatic heterocycles. The normalized spacial score (nSPS) is 11.6. The van der Waals surface area contributed by atoms with Gasteiger partial charge in [-0.05, 0) is 24.0 Å². The fourth-order valence-electron chi connectivity index (χ4n) is 3.33. The summed E-state index contributed by atoms with van der Waals surface area (Å²) in [6, 6.07) is 3.57. The zero-order valence-corrected chi connectivity index (χ0v) is 17.8. The predicted octanol–water partition coefficient (Wildman–Crippen LogP) is 2.00. The summed E-state index contributed by atoms with van der Waals surface area (Å²) in [6.45, 7) is 7.02. The molecule has 3 N–H and O–H groups in total. The molecule has 0 spiro atoms. The molecular weight excluding hydrogens is 404 g/mol. The number of hydrogen-bond acceptors (Lipinski definition) is 6. The summed E-state index contributed by atoms with van der Waals surface area (Å²) in [5.41, 5.74) is 2.00. The van der Waals surface area contributed by atoms with Crippen molar-refractivity contribution in [3.8, 4) is 0 Å². The van der Waals surface area contributed by atoms with E-state index in [-0.39, 0.29) is 17.4 Å². The molecule has 31 heavy (non-hydrogen) atoms. The first-order valence-electron chi connectivity index (χ1n) is 9.70. The number of carbonyl (C=O) groups excluding carboxylic acids is 2. The van der Waals surface area contributed by atoms with Gasteiger partial charge < -0.3 is 24.6 Å². The van der Waals surface area contributed by atoms with E-state index in [4.69, 9.17) is 13.9 Å². The van der Waals surface area contributed by atoms with Crippen LogP contribution in [0.15, 0.2) is 32.0 Å². The van der Waals surface area contributed by atoms with Crippen LogP contribution in [-0.2, 0) is 26.2 Å². The van der Waals surface area contributed by atoms with E-state index in [1.807, 2.05) is 6.07 Å². The molecule has 0 saturated heterocycles. The maximum Gasteiger partial charge on any atom is 0.340 e. The molecule has 0 atom stereocenters. The van der Waals surface area contributed by atoms with Crippen molar-refractivity contribution in [2.45, 2.75) is 39.5 Å². The zero-order valence-electron chi connectivity index (χ0n) is 17.8. The maximum absolute atomic E-state index is 12.5. The van der Waals surface area contributed by atoms with Crippen molar-refractivity contribution in [1.29, 1.82) is 0 Å². The van der Waals surface area contributed by atoms with Gasteiger partial charge in [0.1, 0.15) is 17.7 Å². The molecule has 9 nitrogen and oxygen atoms in total. The Labute approximate surface area is 177 Å². The molecule has 0 aliphatic carbocycles. The number of furan rings is 1. The number of aliphatic carboxylic acids is 1. The summed E-state index contributed by atoms with van der Waals surface area (Å²) in [7, 11) is 0. The summed E-state index contributed by atoms with van der Waals surface area (Å²) in [4.78, 5) is 46.7. The van der Waals surface area contributed by atoms with Gasteiger partial charge in [0.05, 0.1) is 24.8 Å². The van der Waals surface area contributed by atoms with Crippen molar-refractivity contribution in [3.05, 3.63) is 45.5 Å². The van der Waals surface area contributed by atoms with Gasteiger partial charge in [-0.15, -0.1) is 0 Å². The third kappa shape index (κ3) is 4.76. The van der Waals surface area contributed by atoms with Gasteiger partial charge in [0.25, 0.3) is 0 Å². The minimum atomic E-state index is -1.19. The molecule has 0 radical (unpaired) electrons. The first-order chi connectivity index (χ1) is 14.5. The van der Waals surface area contributed by atoms with Crippen molar-refractivity contribution < 1.29 is 28.3 Å². The van der Waals surface area contributed by atoms with Crippen LogP contribution in [-0.4, -0.2) is 36.0 Å². The maximum atomic E-state index is 12.5. The van der Waals surface area contributed by atoms with E-state index < -0.39 is 36.5 Å². The number of benzene rings is 1. The second kappa shape index (κ2) is 8.25. The minimum Gasteiger partial charge on any atom is -0.480 e. The summed E-state index contributed by atoms with van der Waals surface area (Å²) >= 11 is 0. The predicted molar refractivity (Wildman–Crippen MR) is 113 cm³/mol. The molecule has 1 aromatic carbocycles. The van der Waals surface area contributed by atoms with Gasteiger partial charge in [-0.3, -0.25) is 14.4 Å². The van der Waals surface area contributed by atoms with E-state index in [0.29, 0.717) is 22.1 Å². The Morgan fingerprint density at radius 2 is 1.68 bits per heavy atom. The van der Waals surface area contributed by atoms with Crippen molar-refractivity contribution in [2.24, 2.45) is 0 Å². The fourth-order valence-corrected chi connectivity index (χ4v) is 3.33. The van der Waals surface area contributed by atoms with Crippen molar-refractivity contribution >= 4 is 39.7 Å². The van der Waals surface area contributed by atoms with Crippen molar-refractivity contribution in [2.75, 3.05) is 13.1 Å². The highest BCUT2D eigenvalue weighted by Crippen LogP contribution is 2.35. The monoisotopic (exact) mass is 428 g/mol. The Morgan fingerprint density at radius 3 is 2.32 bits per heavy atom. The van der Waals surface area contributed by atoms with Gasteiger partial charge in [-0.1, -0.05) is 20.8 Å². The molecule has 0 saturated carbocycles. The Hall–Kier alpha value is -3.62. The number of hydrogen-bond donors (Lipinski definition) is 3. The van der Waals surface area contributed by atoms with Crippen LogP contribution in [0.5, 0.6) is 0 Å². The average Bonchev–Trinajstić information content (AvgIpc) is 3.10. The Morgan fingerprint density at radius 1 is 1.00 bits per heavy atom. The van der Waals surface area contributed by atoms with Crippen LogP contribution in [0.2, 0.25) is 0 Å². The standard InChI is InChI=1S/C22H24N2O7/c1-11-12-5-14-15(22(2,3)4)10-30-16(14)7-17(12)31-21(29)13(11)6-18(25)23-8-19(26)24-9-20(27)28/h5,7,10H,6,8-9H2,1-4H3,(H,23,25)(H,24,26)(H,27,28). The molecule has 0 unspecified atom stereocenters. The van der Waals surface area contributed by atoms with Gasteiger partial charge in [-0.2, -0.15) is 0 Å². The summed E-state index contributed by atoms with van der Waals surface area (Å²) in [5, 5.41) is 14.7. The molecule has 164 valence electrons. The van der Waals surface area contributed by atoms with E-state index in [9.17, 15) is 19.2 Å². The first kappa shape index (κ1) is 22.1. The number of fused-ring (bicyclic) bond motifs is 2. The quantitative estimate of drug-likeness (QED) is 0.510. The lowest BCUT2D eigenvalue weighted by Gasteiger charge is -2.16. The molecule has 3 rings (SSSR count). The number of carbonyl (C=O) groups is 3. The number of nitrogens with one attached hydrogen (secondary N) is 2. The number of amides is 2. The Kier molecular flexibility index (Phi) is 5.88. The van der Waals surface area contributed by atoms with Crippen LogP contribution in [0.4, 0.5) is 0 Å². The second-order valence-electron chi connectivity index (χ2n) is 8.36. The molecule has 3 aromatic rings. The fraction of sp³-hybridized carbons (Fsp3) is 0.364. The Balaban J connectivity index is 1.88. The number of aryl methyl sites for hydroxylation is 1. The van der Waals surface area contributed by atoms with Crippen LogP contribution in [0.3, 0.4) is 0 Å². The lowest BCUT2D eigenvalue weighted by molar-refractivity contribution is -0.137. The highest BCUT2D eigenvalue weighted by atomic mass is 16.4. The van der Waals surface area contributed by atoms with E-state index in [1.54, 1.807) is 19.3 Å². The first-order valence-corrected chi connectivity index (χ1v) is 9.70. The van der Waals surface area contributed by atoms with E-state index in [0.717, 1.165) is 10.9 Å². The lowest BCUT2D eigenvalue weighted by Crippen LogP contribution is -2.39. The number of carboxylic acid groups (broad SMARTS) is 1. The van der Waals surface area contributed by atoms with Gasteiger partial charge >= 0.3 is 11.6 Å². The SMILES string of the molecule is Cc1c(CC(=O)NCC(=O)NCC(=O)O)c(=O)oc2cc3occ(C(C)(C)C)c3cc12. The third-order valence-corrected chi connectivity index (χ3v) is 5.01. The van der Waals surface area contributed by atoms with Gasteiger partial charge in [0.15, 0.2) is 0 Å². The summed E-state index contributed by atoms with van der Waals surface area (Å²) in [5.74, 6) is -2.39. The van der Waals surface area contributed by atoms with Crippen LogP contribution >= 0.6 is 0 Å². The topological polar surface area (TPSA) is 139 Å². The van der Waals surface area contributed by atoms with Crippen molar-refractivity contribution in [1.82, 2.24) is 10.6 Å². The second-order valence-corrected chi connectivity index (χ2v) is 8.36. The Bertz CT molecular complexity index is 1240. The molecule has 0 bridgehead atoms. The van der Waals surface area contributed by atoms with E-state index in [2.05, 4.69) is 31.4 Å². The lowest BCUT2D eigenvalue weighted by atomic mass is 9.86. The van der Waals surface area contributed by atoms with Gasteiger partial charge in [-0.25, -0.2) is 4.79 Å². The van der Waals surface area contributed by atoms with Gasteiger partial charge in [0.2, 0.25) is 11.8 Å². The largest absolute Gasteiger partial charge is 0.480 e. The molecule has 9 heteroatoms. The van der Waals surface area contributed by atoms with Crippen LogP contribution in [0, 0.1) is 6.92 Å². The van der Waals surface area contributed by atoms with Gasteiger partial charge in [0, 0.05) is 22.4 Å². The van der Waals surface area contributed by atoms with Crippen LogP contribution < -0.4 is 16.3 Å². The molecular formula is C22H24N2O7. The summed E-state index contributed by atoms with van der Waals surface area (Å²) < 4.78 is 11.1. The minimum absolute atomic E-state index is 0.146. The van der Waals surface area contributed by atoms with Crippen molar-refractivity contribution in [3.63, 3.8) is 0 Å². The molecule has 2 heterocycles. The number of carboxylic acids is 1. The molecule has 0 fully saturated rings. The third-order valence-electron chi connectivity index (χ3n) is 5.01. The number of rotatable bonds is 6. The highest BCUT2D eigenvalue weighted by molar-refractivity contribution is 5.97. The van der Waals surface area contributed by atoms with E-state index in [1.165, 1.54) is 0 Å². The molecule has 2 amide bonds. The zero-order chi connectivity index (χ0) is 22.9. The van der Waals surface area contributed by atoms with E-state index >= 15 is 0 Å². The smallest absolute Gasteiger partial charge is 0.340 e. The van der Waals surface area contributed by atoms with Crippen LogP contribution in [0.25, 0.3) is 21.9 Å². The molecule has 2 aromatic heterocycles. The molecule has 0 aliphatic rings. The summed E-state index contributed by atoms with van der Waals surface area (Å²) in [6.07, 6.45) is 1.42. The average molecular weight is 428 g/mol. The van der Waals surface area contributed by atoms with Crippen LogP contribution in [0.1, 0.15) is 37.5 Å². The highest BCUT2D eigenvalue weighted by Gasteiger charge is 2.22.